The highest BCUT2D eigenvalue weighted by Crippen LogP contribution is 2.42. The lowest BCUT2D eigenvalue weighted by molar-refractivity contribution is -0.122. The molecule has 0 spiro atoms. The Kier molecular flexibility index (Phi) is 7.14. The fourth-order valence-corrected chi connectivity index (χ4v) is 4.78. The van der Waals surface area contributed by atoms with Crippen LogP contribution in [0.3, 0.4) is 0 Å². The van der Waals surface area contributed by atoms with Gasteiger partial charge in [-0.1, -0.05) is 6.42 Å². The normalized spacial score (nSPS) is 25.6. The van der Waals surface area contributed by atoms with Gasteiger partial charge >= 0.3 is 5.69 Å². The van der Waals surface area contributed by atoms with Crippen LogP contribution in [-0.4, -0.2) is 26.1 Å². The summed E-state index contributed by atoms with van der Waals surface area (Å²) >= 11 is 0. The number of rotatable bonds is 2. The molecule has 0 aromatic carbocycles. The van der Waals surface area contributed by atoms with Gasteiger partial charge in [0.2, 0.25) is 5.91 Å². The fourth-order valence-electron chi connectivity index (χ4n) is 4.78. The summed E-state index contributed by atoms with van der Waals surface area (Å²) in [5.41, 5.74) is 6.24. The van der Waals surface area contributed by atoms with Gasteiger partial charge in [-0.3, -0.25) is 18.7 Å². The van der Waals surface area contributed by atoms with E-state index in [1.165, 1.54) is 24.2 Å². The summed E-state index contributed by atoms with van der Waals surface area (Å²) in [5, 5.41) is 3.22. The van der Waals surface area contributed by atoms with E-state index >= 15 is 0 Å². The lowest BCUT2D eigenvalue weighted by Crippen LogP contribution is -2.48. The van der Waals surface area contributed by atoms with E-state index in [1.807, 2.05) is 0 Å². The van der Waals surface area contributed by atoms with E-state index < -0.39 is 11.2 Å². The van der Waals surface area contributed by atoms with Crippen LogP contribution in [-0.2, 0) is 18.9 Å². The molecule has 2 heterocycles. The Morgan fingerprint density at radius 3 is 2.38 bits per heavy atom. The van der Waals surface area contributed by atoms with E-state index in [1.54, 1.807) is 13.1 Å². The Bertz CT molecular complexity index is 1020. The smallest absolute Gasteiger partial charge is 0.327 e. The number of amides is 1. The molecule has 2 bridgehead atoms. The van der Waals surface area contributed by atoms with E-state index in [4.69, 9.17) is 5.73 Å². The largest absolute Gasteiger partial charge is 0.332 e. The molecule has 2 aromatic rings. The molecule has 10 heteroatoms. The van der Waals surface area contributed by atoms with Crippen LogP contribution < -0.4 is 22.3 Å². The van der Waals surface area contributed by atoms with E-state index in [9.17, 15) is 14.4 Å². The first-order chi connectivity index (χ1) is 12.9. The first kappa shape index (κ1) is 23.4. The molecule has 0 saturated heterocycles. The number of nitrogens with zero attached hydrogens (tertiary/aromatic N) is 3. The molecule has 29 heavy (non-hydrogen) atoms. The van der Waals surface area contributed by atoms with Gasteiger partial charge in [0.25, 0.3) is 5.56 Å². The maximum absolute atomic E-state index is 12.8. The third-order valence-electron chi connectivity index (χ3n) is 6.34. The standard InChI is InChI=1S/C19H25N5O3.2ClH/c1-23-16-14(18(26)24(2)19(23)27)8-13(9-21-16)22-17(25)12-6-10-4-3-5-11(7-12)15(10)20;;/h8-12,15H,3-7,20H2,1-2H3,(H,22,25);2*1H. The van der Waals surface area contributed by atoms with Crippen molar-refractivity contribution in [3.8, 4) is 0 Å². The Labute approximate surface area is 180 Å². The van der Waals surface area contributed by atoms with Crippen LogP contribution in [0, 0.1) is 17.8 Å². The van der Waals surface area contributed by atoms with Gasteiger partial charge in [-0.25, -0.2) is 9.78 Å². The summed E-state index contributed by atoms with van der Waals surface area (Å²) < 4.78 is 2.37. The van der Waals surface area contributed by atoms with Crippen molar-refractivity contribution in [2.75, 3.05) is 5.32 Å². The zero-order chi connectivity index (χ0) is 19.3. The zero-order valence-electron chi connectivity index (χ0n) is 16.5. The topological polar surface area (TPSA) is 112 Å². The maximum atomic E-state index is 12.8. The van der Waals surface area contributed by atoms with Crippen LogP contribution in [0.15, 0.2) is 21.9 Å². The number of aromatic nitrogens is 3. The van der Waals surface area contributed by atoms with Gasteiger partial charge in [0.05, 0.1) is 17.3 Å². The van der Waals surface area contributed by atoms with Gasteiger partial charge in [0.1, 0.15) is 5.65 Å². The number of carbonyl (C=O) groups excluding carboxylic acids is 1. The highest BCUT2D eigenvalue weighted by Gasteiger charge is 2.40. The molecule has 0 radical (unpaired) electrons. The number of nitrogens with one attached hydrogen (secondary N) is 1. The Morgan fingerprint density at radius 1 is 1.14 bits per heavy atom. The number of halogens is 2. The van der Waals surface area contributed by atoms with Crippen molar-refractivity contribution in [1.29, 1.82) is 0 Å². The molecule has 3 N–H and O–H groups in total. The van der Waals surface area contributed by atoms with Crippen LogP contribution in [0.1, 0.15) is 32.1 Å². The molecule has 2 aliphatic carbocycles. The molecule has 2 unspecified atom stereocenters. The molecule has 2 aromatic heterocycles. The summed E-state index contributed by atoms with van der Waals surface area (Å²) in [6.07, 6.45) is 6.54. The third kappa shape index (κ3) is 4.06. The van der Waals surface area contributed by atoms with Crippen molar-refractivity contribution in [3.05, 3.63) is 33.1 Å². The number of nitrogens with two attached hydrogens (primary N) is 1. The van der Waals surface area contributed by atoms with Crippen molar-refractivity contribution in [2.24, 2.45) is 37.6 Å². The molecule has 2 aliphatic rings. The molecule has 1 amide bonds. The SMILES string of the molecule is Cl.Cl.Cn1c(=O)c2cc(NC(=O)C3CC4CCCC(C3)C4N)cnc2n(C)c1=O. The molecular weight excluding hydrogens is 417 g/mol. The van der Waals surface area contributed by atoms with Crippen LogP contribution in [0.4, 0.5) is 5.69 Å². The van der Waals surface area contributed by atoms with Gasteiger partial charge in [0, 0.05) is 26.1 Å². The summed E-state index contributed by atoms with van der Waals surface area (Å²) in [7, 11) is 3.00. The molecule has 8 nitrogen and oxygen atoms in total. The average molecular weight is 444 g/mol. The van der Waals surface area contributed by atoms with E-state index in [0.717, 1.165) is 30.3 Å². The third-order valence-corrected chi connectivity index (χ3v) is 6.34. The van der Waals surface area contributed by atoms with Crippen LogP contribution in [0.25, 0.3) is 11.0 Å². The predicted molar refractivity (Wildman–Crippen MR) is 117 cm³/mol. The van der Waals surface area contributed by atoms with Crippen molar-refractivity contribution in [2.45, 2.75) is 38.1 Å². The van der Waals surface area contributed by atoms with E-state index in [2.05, 4.69) is 10.3 Å². The van der Waals surface area contributed by atoms with E-state index in [0.29, 0.717) is 28.6 Å². The first-order valence-electron chi connectivity index (χ1n) is 9.49. The minimum Gasteiger partial charge on any atom is -0.327 e. The van der Waals surface area contributed by atoms with Gasteiger partial charge in [-0.05, 0) is 43.6 Å². The summed E-state index contributed by atoms with van der Waals surface area (Å²) in [6.45, 7) is 0. The Hall–Kier alpha value is -1.90. The summed E-state index contributed by atoms with van der Waals surface area (Å²) in [6, 6.07) is 1.81. The first-order valence-corrected chi connectivity index (χ1v) is 9.49. The second kappa shape index (κ2) is 8.85. The minimum atomic E-state index is -0.429. The number of hydrogen-bond donors (Lipinski definition) is 2. The minimum absolute atomic E-state index is 0. The number of anilines is 1. The Balaban J connectivity index is 0.00000150. The Morgan fingerprint density at radius 2 is 1.76 bits per heavy atom. The van der Waals surface area contributed by atoms with Crippen LogP contribution in [0.5, 0.6) is 0 Å². The van der Waals surface area contributed by atoms with Gasteiger partial charge < -0.3 is 11.1 Å². The highest BCUT2D eigenvalue weighted by molar-refractivity contribution is 5.94. The van der Waals surface area contributed by atoms with E-state index in [-0.39, 0.29) is 42.7 Å². The maximum Gasteiger partial charge on any atom is 0.332 e. The predicted octanol–water partition coefficient (Wildman–Crippen LogP) is 1.57. The molecule has 2 atom stereocenters. The van der Waals surface area contributed by atoms with Crippen molar-refractivity contribution >= 4 is 47.4 Å². The number of carbonyl (C=O) groups is 1. The van der Waals surface area contributed by atoms with Crippen molar-refractivity contribution in [3.63, 3.8) is 0 Å². The fraction of sp³-hybridized carbons (Fsp3) is 0.579. The monoisotopic (exact) mass is 443 g/mol. The van der Waals surface area contributed by atoms with Crippen molar-refractivity contribution < 1.29 is 4.79 Å². The zero-order valence-corrected chi connectivity index (χ0v) is 18.1. The number of fused-ring (bicyclic) bond motifs is 3. The molecular formula is C19H27Cl2N5O3. The molecule has 4 rings (SSSR count). The van der Waals surface area contributed by atoms with Gasteiger partial charge in [-0.15, -0.1) is 24.8 Å². The molecule has 2 saturated carbocycles. The molecule has 160 valence electrons. The van der Waals surface area contributed by atoms with Gasteiger partial charge in [0.15, 0.2) is 0 Å². The quantitative estimate of drug-likeness (QED) is 0.731. The second-order valence-electron chi connectivity index (χ2n) is 7.99. The van der Waals surface area contributed by atoms with Crippen molar-refractivity contribution in [1.82, 2.24) is 14.1 Å². The highest BCUT2D eigenvalue weighted by atomic mass is 35.5. The lowest BCUT2D eigenvalue weighted by Gasteiger charge is -2.43. The summed E-state index contributed by atoms with van der Waals surface area (Å²) in [5.74, 6) is 0.745. The number of hydrogen-bond acceptors (Lipinski definition) is 5. The van der Waals surface area contributed by atoms with Crippen LogP contribution in [0.2, 0.25) is 0 Å². The number of pyridine rings is 1. The second-order valence-corrected chi connectivity index (χ2v) is 7.99. The lowest BCUT2D eigenvalue weighted by atomic mass is 9.65. The molecule has 0 aliphatic heterocycles. The molecule has 2 fully saturated rings. The average Bonchev–Trinajstić information content (AvgIpc) is 2.64. The van der Waals surface area contributed by atoms with Crippen LogP contribution >= 0.6 is 24.8 Å². The number of aryl methyl sites for hydroxylation is 1. The summed E-state index contributed by atoms with van der Waals surface area (Å²) in [4.78, 5) is 41.4. The van der Waals surface area contributed by atoms with Gasteiger partial charge in [-0.2, -0.15) is 0 Å².